The highest BCUT2D eigenvalue weighted by Gasteiger charge is 2.38. The van der Waals surface area contributed by atoms with Crippen molar-refractivity contribution in [1.82, 2.24) is 34.4 Å². The van der Waals surface area contributed by atoms with Crippen molar-refractivity contribution >= 4 is 45.9 Å². The third kappa shape index (κ3) is 6.65. The van der Waals surface area contributed by atoms with Crippen LogP contribution in [0.1, 0.15) is 5.82 Å². The number of nitrogens with one attached hydrogen (secondary N) is 3. The van der Waals surface area contributed by atoms with Crippen molar-refractivity contribution in [2.75, 3.05) is 36.4 Å². The Morgan fingerprint density at radius 1 is 1.04 bits per heavy atom. The molecule has 6 rings (SSSR count). The fourth-order valence-electron chi connectivity index (χ4n) is 4.44. The number of guanidine groups is 1. The van der Waals surface area contributed by atoms with Crippen LogP contribution in [0.15, 0.2) is 42.7 Å². The molecule has 0 amide bonds. The number of halogens is 6. The van der Waals surface area contributed by atoms with Crippen molar-refractivity contribution in [3.05, 3.63) is 66.0 Å². The Kier molecular flexibility index (Phi) is 8.34. The molecule has 13 nitrogen and oxygen atoms in total. The zero-order valence-electron chi connectivity index (χ0n) is 22.9. The van der Waals surface area contributed by atoms with Gasteiger partial charge in [0.25, 0.3) is 0 Å². The van der Waals surface area contributed by atoms with Gasteiger partial charge in [-0.2, -0.15) is 23.1 Å². The molecule has 0 saturated carbocycles. The second kappa shape index (κ2) is 12.2. The fourth-order valence-corrected chi connectivity index (χ4v) is 4.44. The molecule has 1 fully saturated rings. The molecule has 0 aliphatic carbocycles. The Bertz CT molecular complexity index is 1880. The molecular formula is C26H23F6N11O2. The van der Waals surface area contributed by atoms with Crippen molar-refractivity contribution < 1.29 is 36.2 Å². The van der Waals surface area contributed by atoms with Crippen LogP contribution in [0.4, 0.5) is 38.1 Å². The van der Waals surface area contributed by atoms with E-state index in [0.29, 0.717) is 66.1 Å². The minimum Gasteiger partial charge on any atom is -0.475 e. The first-order chi connectivity index (χ1) is 21.3. The van der Waals surface area contributed by atoms with Gasteiger partial charge in [0, 0.05) is 26.2 Å². The number of aliphatic carboxylic acids is 1. The number of nitrogens with two attached hydrogens (primary N) is 1. The van der Waals surface area contributed by atoms with Crippen LogP contribution in [0.3, 0.4) is 0 Å². The number of alkyl halides is 3. The normalized spacial score (nSPS) is 13.6. The lowest BCUT2D eigenvalue weighted by Gasteiger charge is -2.34. The van der Waals surface area contributed by atoms with E-state index in [0.717, 1.165) is 6.07 Å². The highest BCUT2D eigenvalue weighted by atomic mass is 19.4. The molecule has 2 aromatic carbocycles. The molecule has 19 heteroatoms. The van der Waals surface area contributed by atoms with Crippen LogP contribution in [0.25, 0.3) is 27.9 Å². The molecule has 5 aromatic rings. The van der Waals surface area contributed by atoms with Crippen molar-refractivity contribution in [2.24, 2.45) is 5.73 Å². The number of aromatic amines is 1. The molecule has 6 N–H and O–H groups in total. The summed E-state index contributed by atoms with van der Waals surface area (Å²) in [6, 6.07) is 8.54. The molecule has 3 aromatic heterocycles. The van der Waals surface area contributed by atoms with Gasteiger partial charge in [0.15, 0.2) is 34.6 Å². The van der Waals surface area contributed by atoms with Crippen LogP contribution in [-0.2, 0) is 11.3 Å². The number of aromatic nitrogens is 6. The average Bonchev–Trinajstić information content (AvgIpc) is 3.62. The maximum atomic E-state index is 14.1. The number of carbonyl (C=O) groups is 1. The quantitative estimate of drug-likeness (QED) is 0.109. The van der Waals surface area contributed by atoms with Crippen molar-refractivity contribution in [3.8, 4) is 5.69 Å². The maximum Gasteiger partial charge on any atom is 0.490 e. The van der Waals surface area contributed by atoms with E-state index >= 15 is 0 Å². The third-order valence-electron chi connectivity index (χ3n) is 6.63. The molecule has 1 saturated heterocycles. The number of fused-ring (bicyclic) bond motifs is 2. The minimum absolute atomic E-state index is 0.00899. The molecule has 1 aliphatic rings. The van der Waals surface area contributed by atoms with E-state index in [-0.39, 0.29) is 18.0 Å². The zero-order chi connectivity index (χ0) is 32.5. The number of carboxylic acid groups (broad SMARTS) is 1. The van der Waals surface area contributed by atoms with Crippen LogP contribution in [-0.4, -0.2) is 83.8 Å². The molecule has 45 heavy (non-hydrogen) atoms. The smallest absolute Gasteiger partial charge is 0.475 e. The van der Waals surface area contributed by atoms with E-state index in [1.807, 2.05) is 4.90 Å². The number of hydrogen-bond donors (Lipinski definition) is 5. The first-order valence-electron chi connectivity index (χ1n) is 13.0. The summed E-state index contributed by atoms with van der Waals surface area (Å²) in [5.74, 6) is -3.96. The van der Waals surface area contributed by atoms with E-state index in [1.165, 1.54) is 24.5 Å². The van der Waals surface area contributed by atoms with E-state index in [9.17, 15) is 26.3 Å². The number of carboxylic acids is 1. The standard InChI is InChI=1S/C24H22F3N11.C2HF3O2/c25-13-2-1-3-14(10-13)38-12-31-20-21(30-11-17-32-16-5-4-15(26)18(27)19(16)33-17)34-24(35-22(20)38)37-8-6-36(7-9-37)23(28)29;3-2(4,5)1(6)7/h1-5,10,12H,6-9,11H2,(H3,28,29)(H,32,33)(H,30,34,35);(H,6,7). The summed E-state index contributed by atoms with van der Waals surface area (Å²) < 4.78 is 75.1. The molecule has 4 heterocycles. The molecular weight excluding hydrogens is 612 g/mol. The lowest BCUT2D eigenvalue weighted by Crippen LogP contribution is -2.51. The van der Waals surface area contributed by atoms with Crippen LogP contribution in [0.2, 0.25) is 0 Å². The summed E-state index contributed by atoms with van der Waals surface area (Å²) in [5.41, 5.74) is 7.34. The Morgan fingerprint density at radius 3 is 2.40 bits per heavy atom. The Morgan fingerprint density at radius 2 is 1.76 bits per heavy atom. The maximum absolute atomic E-state index is 14.1. The summed E-state index contributed by atoms with van der Waals surface area (Å²) in [7, 11) is 0. The fraction of sp³-hybridized carbons (Fsp3) is 0.231. The van der Waals surface area contributed by atoms with E-state index in [4.69, 9.17) is 31.0 Å². The topological polar surface area (TPSA) is 178 Å². The summed E-state index contributed by atoms with van der Waals surface area (Å²) in [5, 5.41) is 18.0. The third-order valence-corrected chi connectivity index (χ3v) is 6.63. The van der Waals surface area contributed by atoms with Crippen LogP contribution in [0.5, 0.6) is 0 Å². The number of nitrogens with zero attached hydrogens (tertiary/aromatic N) is 7. The van der Waals surface area contributed by atoms with Gasteiger partial charge in [-0.3, -0.25) is 9.98 Å². The lowest BCUT2D eigenvalue weighted by molar-refractivity contribution is -0.192. The summed E-state index contributed by atoms with van der Waals surface area (Å²) >= 11 is 0. The van der Waals surface area contributed by atoms with Crippen molar-refractivity contribution in [1.29, 1.82) is 5.41 Å². The molecule has 0 atom stereocenters. The van der Waals surface area contributed by atoms with E-state index in [2.05, 4.69) is 20.3 Å². The molecule has 236 valence electrons. The van der Waals surface area contributed by atoms with Gasteiger partial charge in [-0.15, -0.1) is 0 Å². The Hall–Kier alpha value is -5.62. The highest BCUT2D eigenvalue weighted by molar-refractivity contribution is 5.86. The summed E-state index contributed by atoms with van der Waals surface area (Å²) in [6.45, 7) is 2.25. The van der Waals surface area contributed by atoms with Gasteiger partial charge in [0.1, 0.15) is 23.5 Å². The lowest BCUT2D eigenvalue weighted by atomic mass is 10.3. The second-order valence-corrected chi connectivity index (χ2v) is 9.60. The monoisotopic (exact) mass is 635 g/mol. The predicted molar refractivity (Wildman–Crippen MR) is 149 cm³/mol. The minimum atomic E-state index is -5.08. The zero-order valence-corrected chi connectivity index (χ0v) is 22.9. The van der Waals surface area contributed by atoms with Gasteiger partial charge in [0.2, 0.25) is 5.95 Å². The highest BCUT2D eigenvalue weighted by Crippen LogP contribution is 2.27. The predicted octanol–water partition coefficient (Wildman–Crippen LogP) is 3.37. The molecule has 0 radical (unpaired) electrons. The van der Waals surface area contributed by atoms with Gasteiger partial charge in [-0.05, 0) is 30.3 Å². The number of hydrogen-bond acceptors (Lipinski definition) is 8. The largest absolute Gasteiger partial charge is 0.490 e. The van der Waals surface area contributed by atoms with Gasteiger partial charge in [-0.25, -0.2) is 27.9 Å². The second-order valence-electron chi connectivity index (χ2n) is 9.60. The molecule has 0 bridgehead atoms. The SMILES string of the molecule is N=C(N)N1CCN(c2nc(NCc3nc4c(F)c(F)ccc4[nH]3)c3ncn(-c4cccc(F)c4)c3n2)CC1.O=C(O)C(F)(F)F. The van der Waals surface area contributed by atoms with Crippen LogP contribution >= 0.6 is 0 Å². The Balaban J connectivity index is 0.000000515. The number of benzene rings is 2. The number of anilines is 2. The molecule has 1 aliphatic heterocycles. The summed E-state index contributed by atoms with van der Waals surface area (Å²) in [4.78, 5) is 33.7. The van der Waals surface area contributed by atoms with Crippen LogP contribution in [0, 0.1) is 22.9 Å². The van der Waals surface area contributed by atoms with Gasteiger partial charge < -0.3 is 30.9 Å². The average molecular weight is 636 g/mol. The Labute approximate surface area is 248 Å². The van der Waals surface area contributed by atoms with E-state index in [1.54, 1.807) is 21.6 Å². The number of piperazine rings is 1. The molecule has 0 unspecified atom stereocenters. The summed E-state index contributed by atoms with van der Waals surface area (Å²) in [6.07, 6.45) is -3.55. The molecule has 0 spiro atoms. The van der Waals surface area contributed by atoms with Gasteiger partial charge in [-0.1, -0.05) is 6.07 Å². The first-order valence-corrected chi connectivity index (χ1v) is 13.0. The van der Waals surface area contributed by atoms with Crippen molar-refractivity contribution in [3.63, 3.8) is 0 Å². The number of imidazole rings is 2. The van der Waals surface area contributed by atoms with Gasteiger partial charge in [0.05, 0.1) is 17.7 Å². The van der Waals surface area contributed by atoms with Gasteiger partial charge >= 0.3 is 12.1 Å². The number of rotatable bonds is 5. The van der Waals surface area contributed by atoms with Crippen LogP contribution < -0.4 is 16.0 Å². The van der Waals surface area contributed by atoms with Crippen molar-refractivity contribution in [2.45, 2.75) is 12.7 Å². The first kappa shape index (κ1) is 30.8. The number of H-pyrrole nitrogens is 1. The van der Waals surface area contributed by atoms with E-state index < -0.39 is 29.6 Å².